The van der Waals surface area contributed by atoms with Gasteiger partial charge < -0.3 is 18.9 Å². The monoisotopic (exact) mass is 177 g/mol. The molecule has 0 amide bonds. The van der Waals surface area contributed by atoms with E-state index in [1.54, 1.807) is 0 Å². The zero-order valence-electron chi connectivity index (χ0n) is 8.12. The van der Waals surface area contributed by atoms with Crippen LogP contribution in [0.25, 0.3) is 0 Å². The Kier molecular flexibility index (Phi) is 7.39. The van der Waals surface area contributed by atoms with E-state index in [0.29, 0.717) is 19.5 Å². The SMILES string of the molecule is CCOC(OCC)[C](OC)OC. The van der Waals surface area contributed by atoms with Crippen LogP contribution in [0.3, 0.4) is 0 Å². The molecule has 0 heterocycles. The van der Waals surface area contributed by atoms with Crippen LogP contribution < -0.4 is 0 Å². The first-order chi connectivity index (χ1) is 5.79. The molecule has 0 aromatic heterocycles. The zero-order valence-corrected chi connectivity index (χ0v) is 8.12. The topological polar surface area (TPSA) is 36.9 Å². The molecule has 0 aliphatic rings. The van der Waals surface area contributed by atoms with Gasteiger partial charge in [-0.2, -0.15) is 0 Å². The van der Waals surface area contributed by atoms with E-state index < -0.39 is 6.29 Å². The van der Waals surface area contributed by atoms with Crippen LogP contribution >= 0.6 is 0 Å². The first-order valence-corrected chi connectivity index (χ1v) is 3.98. The normalized spacial score (nSPS) is 11.5. The maximum absolute atomic E-state index is 5.22. The minimum Gasteiger partial charge on any atom is -0.348 e. The van der Waals surface area contributed by atoms with E-state index in [-0.39, 0.29) is 0 Å². The maximum atomic E-state index is 5.22. The molecule has 4 heteroatoms. The highest BCUT2D eigenvalue weighted by Crippen LogP contribution is 2.13. The van der Waals surface area contributed by atoms with Crippen LogP contribution in [0.1, 0.15) is 13.8 Å². The highest BCUT2D eigenvalue weighted by molar-refractivity contribution is 4.69. The summed E-state index contributed by atoms with van der Waals surface area (Å²) in [5.41, 5.74) is 0. The molecule has 0 spiro atoms. The molecule has 73 valence electrons. The van der Waals surface area contributed by atoms with Crippen molar-refractivity contribution in [3.8, 4) is 0 Å². The average Bonchev–Trinajstić information content (AvgIpc) is 2.07. The molecule has 0 saturated heterocycles. The second-order valence-corrected chi connectivity index (χ2v) is 1.97. The van der Waals surface area contributed by atoms with Gasteiger partial charge in [-0.1, -0.05) is 0 Å². The number of methoxy groups -OCH3 is 2. The molecule has 12 heavy (non-hydrogen) atoms. The van der Waals surface area contributed by atoms with Crippen LogP contribution in [-0.4, -0.2) is 33.7 Å². The predicted molar refractivity (Wildman–Crippen MR) is 44.3 cm³/mol. The molecule has 0 rings (SSSR count). The van der Waals surface area contributed by atoms with Crippen molar-refractivity contribution in [3.63, 3.8) is 0 Å². The van der Waals surface area contributed by atoms with Gasteiger partial charge in [0.2, 0.25) is 6.29 Å². The van der Waals surface area contributed by atoms with Gasteiger partial charge in [0.05, 0.1) is 0 Å². The minimum atomic E-state index is -0.519. The third-order valence-electron chi connectivity index (χ3n) is 1.23. The Labute approximate surface area is 73.7 Å². The van der Waals surface area contributed by atoms with Crippen molar-refractivity contribution in [1.29, 1.82) is 0 Å². The van der Waals surface area contributed by atoms with Crippen LogP contribution in [0, 0.1) is 6.29 Å². The fraction of sp³-hybridized carbons (Fsp3) is 0.875. The van der Waals surface area contributed by atoms with Gasteiger partial charge in [0.15, 0.2) is 0 Å². The van der Waals surface area contributed by atoms with E-state index in [1.807, 2.05) is 13.8 Å². The van der Waals surface area contributed by atoms with Gasteiger partial charge in [0.1, 0.15) is 0 Å². The Morgan fingerprint density at radius 1 is 1.00 bits per heavy atom. The summed E-state index contributed by atoms with van der Waals surface area (Å²) < 4.78 is 20.3. The smallest absolute Gasteiger partial charge is 0.281 e. The summed E-state index contributed by atoms with van der Waals surface area (Å²) in [7, 11) is 3.04. The van der Waals surface area contributed by atoms with Gasteiger partial charge in [-0.05, 0) is 13.8 Å². The third-order valence-corrected chi connectivity index (χ3v) is 1.23. The zero-order chi connectivity index (χ0) is 9.40. The summed E-state index contributed by atoms with van der Waals surface area (Å²) in [6, 6.07) is 0. The van der Waals surface area contributed by atoms with Crippen LogP contribution in [0.5, 0.6) is 0 Å². The average molecular weight is 177 g/mol. The lowest BCUT2D eigenvalue weighted by Crippen LogP contribution is -2.28. The van der Waals surface area contributed by atoms with Crippen molar-refractivity contribution in [2.75, 3.05) is 27.4 Å². The van der Waals surface area contributed by atoms with E-state index in [4.69, 9.17) is 18.9 Å². The summed E-state index contributed by atoms with van der Waals surface area (Å²) in [5, 5.41) is 0. The summed E-state index contributed by atoms with van der Waals surface area (Å²) in [6.45, 7) is 4.88. The maximum Gasteiger partial charge on any atom is 0.281 e. The van der Waals surface area contributed by atoms with Crippen molar-refractivity contribution in [1.82, 2.24) is 0 Å². The summed E-state index contributed by atoms with van der Waals surface area (Å²) >= 11 is 0. The number of hydrogen-bond donors (Lipinski definition) is 0. The standard InChI is InChI=1S/C8H17O4/c1-5-11-8(12-6-2)7(9-3)10-4/h8H,5-6H2,1-4H3. The molecule has 0 fully saturated rings. The Bertz CT molecular complexity index is 87.1. The van der Waals surface area contributed by atoms with E-state index in [2.05, 4.69) is 0 Å². The first-order valence-electron chi connectivity index (χ1n) is 3.98. The molecule has 0 aromatic rings. The lowest BCUT2D eigenvalue weighted by molar-refractivity contribution is -0.207. The fourth-order valence-corrected chi connectivity index (χ4v) is 0.763. The molecule has 0 bridgehead atoms. The molecular formula is C8H17O4. The third kappa shape index (κ3) is 4.01. The van der Waals surface area contributed by atoms with Crippen LogP contribution in [0.15, 0.2) is 0 Å². The molecule has 0 aliphatic carbocycles. The molecule has 0 atom stereocenters. The number of ether oxygens (including phenoxy) is 4. The molecule has 0 unspecified atom stereocenters. The van der Waals surface area contributed by atoms with Gasteiger partial charge in [-0.25, -0.2) is 0 Å². The Morgan fingerprint density at radius 2 is 1.42 bits per heavy atom. The van der Waals surface area contributed by atoms with Crippen molar-refractivity contribution in [2.45, 2.75) is 20.1 Å². The molecule has 1 radical (unpaired) electrons. The number of rotatable bonds is 7. The summed E-state index contributed by atoms with van der Waals surface area (Å²) in [5.74, 6) is 0. The molecule has 0 aliphatic heterocycles. The van der Waals surface area contributed by atoms with Crippen LogP contribution in [0.4, 0.5) is 0 Å². The van der Waals surface area contributed by atoms with Gasteiger partial charge in [0.25, 0.3) is 6.29 Å². The van der Waals surface area contributed by atoms with Gasteiger partial charge in [-0.15, -0.1) is 0 Å². The molecular weight excluding hydrogens is 160 g/mol. The predicted octanol–water partition coefficient (Wildman–Crippen LogP) is 1.17. The van der Waals surface area contributed by atoms with E-state index in [1.165, 1.54) is 14.2 Å². The first kappa shape index (κ1) is 11.8. The second-order valence-electron chi connectivity index (χ2n) is 1.97. The molecule has 0 aromatic carbocycles. The quantitative estimate of drug-likeness (QED) is 0.547. The summed E-state index contributed by atoms with van der Waals surface area (Å²) in [6.07, 6.45) is -0.172. The van der Waals surface area contributed by atoms with Gasteiger partial charge >= 0.3 is 0 Å². The molecule has 4 nitrogen and oxygen atoms in total. The van der Waals surface area contributed by atoms with Crippen LogP contribution in [-0.2, 0) is 18.9 Å². The summed E-state index contributed by atoms with van der Waals surface area (Å²) in [4.78, 5) is 0. The number of hydrogen-bond acceptors (Lipinski definition) is 4. The molecule has 0 saturated carbocycles. The lowest BCUT2D eigenvalue weighted by atomic mass is 10.6. The lowest BCUT2D eigenvalue weighted by Gasteiger charge is -2.21. The van der Waals surface area contributed by atoms with Crippen molar-refractivity contribution in [2.24, 2.45) is 0 Å². The second kappa shape index (κ2) is 7.49. The van der Waals surface area contributed by atoms with Crippen LogP contribution in [0.2, 0.25) is 0 Å². The fourth-order valence-electron chi connectivity index (χ4n) is 0.763. The highest BCUT2D eigenvalue weighted by atomic mass is 16.8. The van der Waals surface area contributed by atoms with Crippen molar-refractivity contribution < 1.29 is 18.9 Å². The minimum absolute atomic E-state index is 0.346. The Balaban J connectivity index is 3.86. The van der Waals surface area contributed by atoms with Gasteiger partial charge in [-0.3, -0.25) is 0 Å². The Morgan fingerprint density at radius 3 is 1.67 bits per heavy atom. The largest absolute Gasteiger partial charge is 0.348 e. The highest BCUT2D eigenvalue weighted by Gasteiger charge is 2.23. The van der Waals surface area contributed by atoms with E-state index >= 15 is 0 Å². The van der Waals surface area contributed by atoms with Gasteiger partial charge in [0, 0.05) is 27.4 Å². The Hall–Kier alpha value is -0.160. The molecule has 0 N–H and O–H groups in total. The van der Waals surface area contributed by atoms with Crippen molar-refractivity contribution >= 4 is 0 Å². The van der Waals surface area contributed by atoms with Crippen molar-refractivity contribution in [3.05, 3.63) is 6.29 Å². The van der Waals surface area contributed by atoms with E-state index in [0.717, 1.165) is 0 Å². The van der Waals surface area contributed by atoms with E-state index in [9.17, 15) is 0 Å².